The van der Waals surface area contributed by atoms with Crippen LogP contribution in [0.2, 0.25) is 0 Å². The van der Waals surface area contributed by atoms with Crippen molar-refractivity contribution in [3.05, 3.63) is 23.8 Å². The molecule has 0 amide bonds. The van der Waals surface area contributed by atoms with Gasteiger partial charge in [0.2, 0.25) is 0 Å². The normalized spacial score (nSPS) is 17.3. The Morgan fingerprint density at radius 1 is 1.67 bits per heavy atom. The molecule has 0 aromatic heterocycles. The average Bonchev–Trinajstić information content (AvgIpc) is 1.89. The molecule has 0 heterocycles. The first-order chi connectivity index (χ1) is 4.34. The van der Waals surface area contributed by atoms with Gasteiger partial charge in [-0.05, 0) is 0 Å². The van der Waals surface area contributed by atoms with Gasteiger partial charge in [-0.25, -0.2) is 0 Å². The molecule has 0 unspecified atom stereocenters. The Labute approximate surface area is 59.1 Å². The lowest BCUT2D eigenvalue weighted by Crippen LogP contribution is -2.01. The summed E-state index contributed by atoms with van der Waals surface area (Å²) in [7, 11) is 0. The number of carbonyl (C=O) groups excluding carboxylic acids is 1. The predicted octanol–water partition coefficient (Wildman–Crippen LogP) is 1.44. The predicted molar refractivity (Wildman–Crippen MR) is 40.5 cm³/mol. The second kappa shape index (κ2) is 2.69. The lowest BCUT2D eigenvalue weighted by Gasteiger charge is -2.00. The van der Waals surface area contributed by atoms with Crippen LogP contribution in [-0.2, 0) is 4.79 Å². The van der Waals surface area contributed by atoms with Crippen LogP contribution < -0.4 is 0 Å². The molecule has 0 aromatic rings. The van der Waals surface area contributed by atoms with Gasteiger partial charge in [0.05, 0.1) is 0 Å². The maximum absolute atomic E-state index is 10.2. The first-order valence-corrected chi connectivity index (χ1v) is 3.10. The Hall–Kier alpha value is -0.760. The standard InChI is InChI=1S/C7H6OS/c8-5-6-3-1-2-4-7(6)9/h1-3,5H,4H2. The SMILES string of the molecule is O=CC1=CC=CCC1=S. The van der Waals surface area contributed by atoms with Crippen LogP contribution in [-0.4, -0.2) is 11.2 Å². The minimum Gasteiger partial charge on any atom is -0.298 e. The van der Waals surface area contributed by atoms with E-state index in [1.165, 1.54) is 0 Å². The van der Waals surface area contributed by atoms with Crippen molar-refractivity contribution < 1.29 is 4.79 Å². The Morgan fingerprint density at radius 3 is 2.89 bits per heavy atom. The molecule has 0 N–H and O–H groups in total. The summed E-state index contributed by atoms with van der Waals surface area (Å²) >= 11 is 4.88. The molecular weight excluding hydrogens is 132 g/mol. The number of hydrogen-bond donors (Lipinski definition) is 0. The maximum atomic E-state index is 10.2. The summed E-state index contributed by atoms with van der Waals surface area (Å²) in [5, 5.41) is 0. The van der Waals surface area contributed by atoms with Crippen LogP contribution in [0, 0.1) is 0 Å². The summed E-state index contributed by atoms with van der Waals surface area (Å²) in [5.74, 6) is 0. The van der Waals surface area contributed by atoms with Gasteiger partial charge in [0.15, 0.2) is 6.29 Å². The average molecular weight is 138 g/mol. The molecule has 2 heteroatoms. The van der Waals surface area contributed by atoms with Gasteiger partial charge in [-0.1, -0.05) is 30.4 Å². The third-order valence-electron chi connectivity index (χ3n) is 1.16. The third kappa shape index (κ3) is 1.33. The minimum absolute atomic E-state index is 0.646. The second-order valence-electron chi connectivity index (χ2n) is 1.80. The lowest BCUT2D eigenvalue weighted by molar-refractivity contribution is -0.104. The number of thiocarbonyl (C=S) groups is 1. The zero-order chi connectivity index (χ0) is 6.69. The number of carbonyl (C=O) groups is 1. The molecule has 0 saturated heterocycles. The molecule has 0 radical (unpaired) electrons. The molecule has 1 nitrogen and oxygen atoms in total. The number of aldehydes is 1. The first-order valence-electron chi connectivity index (χ1n) is 2.70. The van der Waals surface area contributed by atoms with E-state index in [0.29, 0.717) is 5.57 Å². The number of hydrogen-bond acceptors (Lipinski definition) is 2. The van der Waals surface area contributed by atoms with Crippen molar-refractivity contribution in [1.82, 2.24) is 0 Å². The van der Waals surface area contributed by atoms with Crippen LogP contribution in [0.1, 0.15) is 6.42 Å². The quantitative estimate of drug-likeness (QED) is 0.403. The van der Waals surface area contributed by atoms with Crippen LogP contribution in [0.3, 0.4) is 0 Å². The van der Waals surface area contributed by atoms with E-state index in [1.807, 2.05) is 12.2 Å². The molecule has 1 rings (SSSR count). The number of rotatable bonds is 1. The highest BCUT2D eigenvalue weighted by Gasteiger charge is 2.02. The zero-order valence-corrected chi connectivity index (χ0v) is 5.65. The molecule has 0 bridgehead atoms. The smallest absolute Gasteiger partial charge is 0.151 e. The third-order valence-corrected chi connectivity index (χ3v) is 1.57. The molecule has 0 aliphatic heterocycles. The molecule has 0 saturated carbocycles. The first kappa shape index (κ1) is 6.36. The van der Waals surface area contributed by atoms with Gasteiger partial charge >= 0.3 is 0 Å². The van der Waals surface area contributed by atoms with Crippen LogP contribution >= 0.6 is 12.2 Å². The van der Waals surface area contributed by atoms with Gasteiger partial charge in [-0.2, -0.15) is 0 Å². The Bertz CT molecular complexity index is 201. The fourth-order valence-corrected chi connectivity index (χ4v) is 0.875. The van der Waals surface area contributed by atoms with Gasteiger partial charge in [0.25, 0.3) is 0 Å². The van der Waals surface area contributed by atoms with Crippen LogP contribution in [0.4, 0.5) is 0 Å². The molecule has 9 heavy (non-hydrogen) atoms. The fourth-order valence-electron chi connectivity index (χ4n) is 0.663. The molecule has 1 aliphatic rings. The Balaban J connectivity index is 2.86. The molecule has 0 aromatic carbocycles. The lowest BCUT2D eigenvalue weighted by atomic mass is 10.1. The van der Waals surface area contributed by atoms with Gasteiger partial charge in [0.1, 0.15) is 0 Å². The maximum Gasteiger partial charge on any atom is 0.151 e. The van der Waals surface area contributed by atoms with E-state index in [4.69, 9.17) is 12.2 Å². The molecule has 0 spiro atoms. The van der Waals surface area contributed by atoms with Gasteiger partial charge in [0, 0.05) is 16.9 Å². The summed E-state index contributed by atoms with van der Waals surface area (Å²) in [6.45, 7) is 0. The molecular formula is C7H6OS. The van der Waals surface area contributed by atoms with E-state index in [1.54, 1.807) is 6.08 Å². The topological polar surface area (TPSA) is 17.1 Å². The fraction of sp³-hybridized carbons (Fsp3) is 0.143. The van der Waals surface area contributed by atoms with Crippen LogP contribution in [0.25, 0.3) is 0 Å². The monoisotopic (exact) mass is 138 g/mol. The Kier molecular flexibility index (Phi) is 1.90. The molecule has 0 atom stereocenters. The Morgan fingerprint density at radius 2 is 2.44 bits per heavy atom. The van der Waals surface area contributed by atoms with Crippen molar-refractivity contribution in [3.63, 3.8) is 0 Å². The van der Waals surface area contributed by atoms with E-state index in [0.717, 1.165) is 17.6 Å². The van der Waals surface area contributed by atoms with Crippen LogP contribution in [0.5, 0.6) is 0 Å². The largest absolute Gasteiger partial charge is 0.298 e. The zero-order valence-electron chi connectivity index (χ0n) is 4.83. The van der Waals surface area contributed by atoms with E-state index in [-0.39, 0.29) is 0 Å². The second-order valence-corrected chi connectivity index (χ2v) is 2.29. The summed E-state index contributed by atoms with van der Waals surface area (Å²) in [4.78, 5) is 10.9. The molecule has 1 aliphatic carbocycles. The summed E-state index contributed by atoms with van der Waals surface area (Å²) in [6, 6.07) is 0. The molecule has 0 fully saturated rings. The van der Waals surface area contributed by atoms with Crippen LogP contribution in [0.15, 0.2) is 23.8 Å². The van der Waals surface area contributed by atoms with Gasteiger partial charge < -0.3 is 0 Å². The van der Waals surface area contributed by atoms with Crippen molar-refractivity contribution in [3.8, 4) is 0 Å². The highest BCUT2D eigenvalue weighted by Crippen LogP contribution is 2.06. The van der Waals surface area contributed by atoms with Crippen molar-refractivity contribution in [2.45, 2.75) is 6.42 Å². The van der Waals surface area contributed by atoms with E-state index in [2.05, 4.69) is 0 Å². The van der Waals surface area contributed by atoms with E-state index < -0.39 is 0 Å². The summed E-state index contributed by atoms with van der Waals surface area (Å²) < 4.78 is 0. The summed E-state index contributed by atoms with van der Waals surface area (Å²) in [5.41, 5.74) is 0.646. The van der Waals surface area contributed by atoms with E-state index >= 15 is 0 Å². The highest BCUT2D eigenvalue weighted by atomic mass is 32.1. The van der Waals surface area contributed by atoms with Crippen molar-refractivity contribution >= 4 is 23.4 Å². The van der Waals surface area contributed by atoms with Gasteiger partial charge in [-0.3, -0.25) is 4.79 Å². The van der Waals surface area contributed by atoms with Crippen molar-refractivity contribution in [2.24, 2.45) is 0 Å². The molecule has 46 valence electrons. The van der Waals surface area contributed by atoms with Crippen molar-refractivity contribution in [1.29, 1.82) is 0 Å². The minimum atomic E-state index is 0.646. The van der Waals surface area contributed by atoms with Gasteiger partial charge in [-0.15, -0.1) is 0 Å². The van der Waals surface area contributed by atoms with Crippen molar-refractivity contribution in [2.75, 3.05) is 0 Å². The summed E-state index contributed by atoms with van der Waals surface area (Å²) in [6.07, 6.45) is 7.06. The number of allylic oxidation sites excluding steroid dienone is 4. The van der Waals surface area contributed by atoms with E-state index in [9.17, 15) is 4.79 Å². The highest BCUT2D eigenvalue weighted by molar-refractivity contribution is 7.81.